The molecule has 0 radical (unpaired) electrons. The molecule has 0 bridgehead atoms. The Hall–Kier alpha value is -1.11. The minimum atomic E-state index is -0.582. The number of ether oxygens (including phenoxy) is 2. The molecule has 0 saturated carbocycles. The minimum Gasteiger partial charge on any atom is -0.479 e. The molecule has 0 aromatic heterocycles. The Kier molecular flexibility index (Phi) is 10.3. The van der Waals surface area contributed by atoms with Gasteiger partial charge in [-0.3, -0.25) is 9.59 Å². The number of ketones is 1. The van der Waals surface area contributed by atoms with Crippen molar-refractivity contribution in [3.63, 3.8) is 0 Å². The zero-order valence-corrected chi connectivity index (χ0v) is 18.6. The number of thiocarbonyl (C=S) groups is 1. The number of hydrogen-bond acceptors (Lipinski definition) is 6. The Morgan fingerprint density at radius 1 is 1.22 bits per heavy atom. The van der Waals surface area contributed by atoms with E-state index in [0.29, 0.717) is 28.0 Å². The monoisotopic (exact) mass is 430 g/mol. The highest BCUT2D eigenvalue weighted by atomic mass is 35.5. The molecule has 1 aromatic carbocycles. The Bertz CT molecular complexity index is 644. The molecular formula is C20H27ClO4S2. The van der Waals surface area contributed by atoms with Gasteiger partial charge in [0.1, 0.15) is 0 Å². The smallest absolute Gasteiger partial charge is 0.312 e. The molecule has 0 aliphatic heterocycles. The lowest BCUT2D eigenvalue weighted by Crippen LogP contribution is -2.30. The van der Waals surface area contributed by atoms with Crippen LogP contribution in [0.2, 0.25) is 5.02 Å². The number of thioether (sulfide) groups is 1. The number of hydrogen-bond donors (Lipinski definition) is 0. The molecule has 1 unspecified atom stereocenters. The zero-order valence-electron chi connectivity index (χ0n) is 16.2. The van der Waals surface area contributed by atoms with Crippen molar-refractivity contribution in [3.05, 3.63) is 34.9 Å². The minimum absolute atomic E-state index is 0.0385. The van der Waals surface area contributed by atoms with Gasteiger partial charge >= 0.3 is 5.97 Å². The first-order valence-electron chi connectivity index (χ1n) is 9.02. The second-order valence-electron chi connectivity index (χ2n) is 6.74. The van der Waals surface area contributed by atoms with Crippen molar-refractivity contribution in [2.24, 2.45) is 5.41 Å². The van der Waals surface area contributed by atoms with Crippen molar-refractivity contribution in [1.29, 1.82) is 0 Å². The summed E-state index contributed by atoms with van der Waals surface area (Å²) in [6, 6.07) is 6.74. The Labute approximate surface area is 176 Å². The van der Waals surface area contributed by atoms with Gasteiger partial charge in [0.15, 0.2) is 11.2 Å². The molecule has 4 nitrogen and oxygen atoms in total. The van der Waals surface area contributed by atoms with Gasteiger partial charge in [-0.05, 0) is 75.4 Å². The number of carbonyl (C=O) groups excluding carboxylic acids is 2. The van der Waals surface area contributed by atoms with Crippen molar-refractivity contribution in [2.75, 3.05) is 6.61 Å². The van der Waals surface area contributed by atoms with Gasteiger partial charge in [0.05, 0.1) is 12.0 Å². The van der Waals surface area contributed by atoms with E-state index in [1.807, 2.05) is 27.7 Å². The molecule has 0 fully saturated rings. The van der Waals surface area contributed by atoms with Crippen LogP contribution in [-0.2, 0) is 14.3 Å². The molecule has 27 heavy (non-hydrogen) atoms. The average molecular weight is 431 g/mol. The fourth-order valence-electron chi connectivity index (χ4n) is 2.44. The van der Waals surface area contributed by atoms with Crippen LogP contribution in [0.4, 0.5) is 0 Å². The molecule has 0 amide bonds. The van der Waals surface area contributed by atoms with Gasteiger partial charge in [-0.15, -0.1) is 0 Å². The lowest BCUT2D eigenvalue weighted by atomic mass is 9.88. The standard InChI is InChI=1S/C20H27ClO4S2/c1-5-13-20(3,4)18(23)25-17(27-19(26)24-6-2)12-11-16(22)14-7-9-15(21)10-8-14/h7-10,17H,5-6,11-13H2,1-4H3. The fraction of sp³-hybridized carbons (Fsp3) is 0.550. The lowest BCUT2D eigenvalue weighted by molar-refractivity contribution is -0.156. The van der Waals surface area contributed by atoms with E-state index >= 15 is 0 Å². The molecule has 0 heterocycles. The largest absolute Gasteiger partial charge is 0.479 e. The Balaban J connectivity index is 2.75. The van der Waals surface area contributed by atoms with Crippen molar-refractivity contribution in [3.8, 4) is 0 Å². The summed E-state index contributed by atoms with van der Waals surface area (Å²) in [5.41, 5.74) is -0.571. The summed E-state index contributed by atoms with van der Waals surface area (Å²) in [5, 5.41) is 0.578. The molecule has 0 N–H and O–H groups in total. The predicted octanol–water partition coefficient (Wildman–Crippen LogP) is 6.05. The summed E-state index contributed by atoms with van der Waals surface area (Å²) in [6.07, 6.45) is 2.19. The van der Waals surface area contributed by atoms with Gasteiger partial charge < -0.3 is 9.47 Å². The summed E-state index contributed by atoms with van der Waals surface area (Å²) < 4.78 is 11.3. The van der Waals surface area contributed by atoms with E-state index in [-0.39, 0.29) is 18.2 Å². The van der Waals surface area contributed by atoms with E-state index in [1.165, 1.54) is 0 Å². The highest BCUT2D eigenvalue weighted by Gasteiger charge is 2.31. The predicted molar refractivity (Wildman–Crippen MR) is 115 cm³/mol. The van der Waals surface area contributed by atoms with E-state index in [1.54, 1.807) is 24.3 Å². The number of rotatable bonds is 10. The third-order valence-corrected chi connectivity index (χ3v) is 5.49. The Morgan fingerprint density at radius 3 is 2.41 bits per heavy atom. The van der Waals surface area contributed by atoms with Crippen LogP contribution in [0.5, 0.6) is 0 Å². The molecule has 0 aliphatic carbocycles. The molecule has 0 spiro atoms. The highest BCUT2D eigenvalue weighted by molar-refractivity contribution is 8.22. The topological polar surface area (TPSA) is 52.6 Å². The average Bonchev–Trinajstić information content (AvgIpc) is 2.60. The van der Waals surface area contributed by atoms with E-state index < -0.39 is 10.9 Å². The number of esters is 1. The second-order valence-corrected chi connectivity index (χ2v) is 8.94. The fourth-order valence-corrected chi connectivity index (χ4v) is 3.77. The zero-order chi connectivity index (χ0) is 20.4. The van der Waals surface area contributed by atoms with Crippen LogP contribution in [0.3, 0.4) is 0 Å². The van der Waals surface area contributed by atoms with Crippen LogP contribution < -0.4 is 0 Å². The van der Waals surface area contributed by atoms with Crippen LogP contribution in [0.15, 0.2) is 24.3 Å². The molecule has 7 heteroatoms. The molecular weight excluding hydrogens is 404 g/mol. The quantitative estimate of drug-likeness (QED) is 0.195. The Morgan fingerprint density at radius 2 is 1.85 bits per heavy atom. The van der Waals surface area contributed by atoms with Gasteiger partial charge in [-0.2, -0.15) is 0 Å². The van der Waals surface area contributed by atoms with Crippen molar-refractivity contribution >= 4 is 51.7 Å². The van der Waals surface area contributed by atoms with Crippen molar-refractivity contribution in [2.45, 2.75) is 58.8 Å². The second kappa shape index (κ2) is 11.7. The van der Waals surface area contributed by atoms with E-state index in [9.17, 15) is 9.59 Å². The third-order valence-electron chi connectivity index (χ3n) is 3.93. The summed E-state index contributed by atoms with van der Waals surface area (Å²) in [7, 11) is 0. The maximum absolute atomic E-state index is 12.5. The summed E-state index contributed by atoms with van der Waals surface area (Å²) >= 11 is 12.2. The van der Waals surface area contributed by atoms with Crippen molar-refractivity contribution < 1.29 is 19.1 Å². The molecule has 0 aliphatic rings. The van der Waals surface area contributed by atoms with Gasteiger partial charge in [0.25, 0.3) is 0 Å². The lowest BCUT2D eigenvalue weighted by Gasteiger charge is -2.25. The first kappa shape index (κ1) is 23.9. The normalized spacial score (nSPS) is 12.3. The summed E-state index contributed by atoms with van der Waals surface area (Å²) in [5.74, 6) is -0.330. The molecule has 150 valence electrons. The molecule has 1 atom stereocenters. The van der Waals surface area contributed by atoms with Crippen LogP contribution in [-0.4, -0.2) is 28.2 Å². The molecule has 1 rings (SSSR count). The summed E-state index contributed by atoms with van der Waals surface area (Å²) in [4.78, 5) is 24.9. The van der Waals surface area contributed by atoms with Crippen LogP contribution in [0.1, 0.15) is 63.7 Å². The first-order valence-corrected chi connectivity index (χ1v) is 10.7. The highest BCUT2D eigenvalue weighted by Crippen LogP contribution is 2.29. The first-order chi connectivity index (χ1) is 12.7. The molecule has 0 saturated heterocycles. The summed E-state index contributed by atoms with van der Waals surface area (Å²) in [6.45, 7) is 8.02. The van der Waals surface area contributed by atoms with E-state index in [4.69, 9.17) is 33.3 Å². The van der Waals surface area contributed by atoms with Gasteiger partial charge in [0, 0.05) is 23.4 Å². The number of carbonyl (C=O) groups is 2. The maximum atomic E-state index is 12.5. The maximum Gasteiger partial charge on any atom is 0.312 e. The van der Waals surface area contributed by atoms with Gasteiger partial charge in [0.2, 0.25) is 4.38 Å². The number of Topliss-reactive ketones (excluding diaryl/α,β-unsaturated/α-hetero) is 1. The number of halogens is 1. The van der Waals surface area contributed by atoms with Crippen LogP contribution in [0.25, 0.3) is 0 Å². The van der Waals surface area contributed by atoms with Crippen LogP contribution in [0, 0.1) is 5.41 Å². The van der Waals surface area contributed by atoms with Gasteiger partial charge in [-0.1, -0.05) is 24.9 Å². The molecule has 1 aromatic rings. The third kappa shape index (κ3) is 8.62. The van der Waals surface area contributed by atoms with Gasteiger partial charge in [-0.25, -0.2) is 0 Å². The van der Waals surface area contributed by atoms with Crippen LogP contribution >= 0.6 is 35.6 Å². The van der Waals surface area contributed by atoms with E-state index in [0.717, 1.165) is 24.6 Å². The number of benzene rings is 1. The van der Waals surface area contributed by atoms with Crippen molar-refractivity contribution in [1.82, 2.24) is 0 Å². The van der Waals surface area contributed by atoms with E-state index in [2.05, 4.69) is 0 Å². The SMILES string of the molecule is CCCC(C)(C)C(=O)OC(CCC(=O)c1ccc(Cl)cc1)SC(=S)OCC.